The number of carbonyl (C=O) groups is 1. The lowest BCUT2D eigenvalue weighted by Crippen LogP contribution is -2.49. The minimum absolute atomic E-state index is 0.108. The Kier molecular flexibility index (Phi) is 14.3. The Balaban J connectivity index is 2.70. The molecular weight excluding hydrogens is 422 g/mol. The van der Waals surface area contributed by atoms with Gasteiger partial charge in [-0.25, -0.2) is 0 Å². The molecule has 1 fully saturated rings. The number of aldehydes is 1. The number of rotatable bonds is 17. The van der Waals surface area contributed by atoms with Gasteiger partial charge in [0.2, 0.25) is 0 Å². The molecule has 0 aromatic heterocycles. The van der Waals surface area contributed by atoms with Gasteiger partial charge in [0.05, 0.1) is 18.4 Å². The molecule has 0 radical (unpaired) electrons. The predicted octanol–water partition coefficient (Wildman–Crippen LogP) is 6.21. The van der Waals surface area contributed by atoms with E-state index in [1.54, 1.807) is 0 Å². The lowest BCUT2D eigenvalue weighted by molar-refractivity contribution is -0.111. The van der Waals surface area contributed by atoms with E-state index < -0.39 is 10.1 Å². The fourth-order valence-corrected chi connectivity index (χ4v) is 6.68. The summed E-state index contributed by atoms with van der Waals surface area (Å²) in [6.45, 7) is 13.5. The molecule has 0 aromatic rings. The quantitative estimate of drug-likeness (QED) is 0.185. The lowest BCUT2D eigenvalue weighted by Gasteiger charge is -2.44. The van der Waals surface area contributed by atoms with Crippen molar-refractivity contribution >= 4 is 16.4 Å². The Bertz CT molecular complexity index is 609. The van der Waals surface area contributed by atoms with Gasteiger partial charge in [-0.3, -0.25) is 9.08 Å². The minimum atomic E-state index is -3.51. The van der Waals surface area contributed by atoms with Gasteiger partial charge >= 0.3 is 0 Å². The van der Waals surface area contributed by atoms with Crippen LogP contribution in [0.3, 0.4) is 0 Å². The van der Waals surface area contributed by atoms with Crippen LogP contribution < -0.4 is 0 Å². The number of likely N-dealkylation sites (tertiary alicyclic amines) is 1. The SMILES string of the molecule is CCC[C@H](CC)C[C@H]1C[C@@H](CCS(=O)(=O)O[C@H](CC)CC[C@H](C)CC)C[C@@H](C)N1CC=O. The third-order valence-electron chi connectivity index (χ3n) is 7.67. The first kappa shape index (κ1) is 29.6. The van der Waals surface area contributed by atoms with E-state index in [2.05, 4.69) is 39.5 Å². The van der Waals surface area contributed by atoms with Crippen LogP contribution in [0, 0.1) is 17.8 Å². The van der Waals surface area contributed by atoms with E-state index in [4.69, 9.17) is 4.18 Å². The Morgan fingerprint density at radius 1 is 1.03 bits per heavy atom. The van der Waals surface area contributed by atoms with Crippen LogP contribution in [0.2, 0.25) is 0 Å². The summed E-state index contributed by atoms with van der Waals surface area (Å²) in [5, 5.41) is 0. The zero-order chi connectivity index (χ0) is 24.1. The second-order valence-electron chi connectivity index (χ2n) is 10.3. The average Bonchev–Trinajstić information content (AvgIpc) is 2.76. The van der Waals surface area contributed by atoms with Gasteiger partial charge in [0.25, 0.3) is 10.1 Å². The van der Waals surface area contributed by atoms with E-state index in [1.165, 1.54) is 12.8 Å². The highest BCUT2D eigenvalue weighted by Gasteiger charge is 2.34. The Labute approximate surface area is 199 Å². The van der Waals surface area contributed by atoms with Gasteiger partial charge < -0.3 is 4.79 Å². The standard InChI is InChI=1S/C26H51NO4S/c1-7-11-23(9-3)19-25-20-24(18-22(6)27(25)15-16-28)14-17-32(29,30)31-26(10-4)13-12-21(5)8-2/h16,21-26H,7-15,17-20H2,1-6H3/t21-,22-,23+,24+,25+,26-/m1/s1. The van der Waals surface area contributed by atoms with Crippen molar-refractivity contribution in [2.75, 3.05) is 12.3 Å². The molecule has 1 saturated heterocycles. The van der Waals surface area contributed by atoms with Crippen LogP contribution in [0.1, 0.15) is 112 Å². The Morgan fingerprint density at radius 3 is 2.31 bits per heavy atom. The highest BCUT2D eigenvalue weighted by atomic mass is 32.2. The van der Waals surface area contributed by atoms with Crippen LogP contribution >= 0.6 is 0 Å². The van der Waals surface area contributed by atoms with Crippen molar-refractivity contribution in [2.45, 2.75) is 130 Å². The molecule has 0 N–H and O–H groups in total. The molecule has 1 heterocycles. The molecule has 0 bridgehead atoms. The molecule has 5 nitrogen and oxygen atoms in total. The molecule has 1 rings (SSSR count). The summed E-state index contributed by atoms with van der Waals surface area (Å²) < 4.78 is 31.0. The fourth-order valence-electron chi connectivity index (χ4n) is 5.32. The molecule has 32 heavy (non-hydrogen) atoms. The van der Waals surface area contributed by atoms with Gasteiger partial charge in [-0.2, -0.15) is 8.42 Å². The molecule has 1 aliphatic heterocycles. The molecular formula is C26H51NO4S. The van der Waals surface area contributed by atoms with Gasteiger partial charge in [0.1, 0.15) is 6.29 Å². The third-order valence-corrected chi connectivity index (χ3v) is 8.97. The van der Waals surface area contributed by atoms with Gasteiger partial charge in [0.15, 0.2) is 0 Å². The van der Waals surface area contributed by atoms with Crippen molar-refractivity contribution < 1.29 is 17.4 Å². The molecule has 6 heteroatoms. The van der Waals surface area contributed by atoms with Crippen molar-refractivity contribution in [3.8, 4) is 0 Å². The van der Waals surface area contributed by atoms with Crippen LogP contribution in [-0.4, -0.2) is 50.1 Å². The third kappa shape index (κ3) is 10.6. The van der Waals surface area contributed by atoms with Gasteiger partial charge in [-0.15, -0.1) is 0 Å². The maximum absolute atomic E-state index is 12.7. The van der Waals surface area contributed by atoms with E-state index in [0.29, 0.717) is 42.8 Å². The molecule has 0 amide bonds. The fraction of sp³-hybridized carbons (Fsp3) is 0.962. The second-order valence-corrected chi connectivity index (χ2v) is 12.0. The van der Waals surface area contributed by atoms with E-state index in [1.807, 2.05) is 6.92 Å². The summed E-state index contributed by atoms with van der Waals surface area (Å²) in [5.74, 6) is 1.75. The maximum atomic E-state index is 12.7. The number of hydrogen-bond donors (Lipinski definition) is 0. The van der Waals surface area contributed by atoms with E-state index >= 15 is 0 Å². The van der Waals surface area contributed by atoms with E-state index in [0.717, 1.165) is 57.7 Å². The largest absolute Gasteiger partial charge is 0.302 e. The predicted molar refractivity (Wildman–Crippen MR) is 134 cm³/mol. The van der Waals surface area contributed by atoms with Crippen LogP contribution in [0.4, 0.5) is 0 Å². The summed E-state index contributed by atoms with van der Waals surface area (Å²) >= 11 is 0. The molecule has 0 unspecified atom stereocenters. The molecule has 6 atom stereocenters. The first-order chi connectivity index (χ1) is 15.2. The van der Waals surface area contributed by atoms with Crippen molar-refractivity contribution in [3.63, 3.8) is 0 Å². The summed E-state index contributed by atoms with van der Waals surface area (Å²) in [6.07, 6.45) is 11.8. The van der Waals surface area contributed by atoms with Crippen molar-refractivity contribution in [1.82, 2.24) is 4.90 Å². The van der Waals surface area contributed by atoms with Crippen LogP contribution in [0.25, 0.3) is 0 Å². The Hall–Kier alpha value is -0.460. The maximum Gasteiger partial charge on any atom is 0.267 e. The first-order valence-corrected chi connectivity index (χ1v) is 14.9. The van der Waals surface area contributed by atoms with Crippen LogP contribution in [0.5, 0.6) is 0 Å². The summed E-state index contributed by atoms with van der Waals surface area (Å²) in [6, 6.07) is 0.679. The lowest BCUT2D eigenvalue weighted by atomic mass is 9.80. The normalized spacial score (nSPS) is 25.4. The van der Waals surface area contributed by atoms with Crippen LogP contribution in [0.15, 0.2) is 0 Å². The van der Waals surface area contributed by atoms with Gasteiger partial charge in [0, 0.05) is 12.1 Å². The van der Waals surface area contributed by atoms with Crippen molar-refractivity contribution in [3.05, 3.63) is 0 Å². The average molecular weight is 474 g/mol. The number of piperidine rings is 1. The number of nitrogens with zero attached hydrogens (tertiary/aromatic N) is 1. The van der Waals surface area contributed by atoms with Crippen LogP contribution in [-0.2, 0) is 19.1 Å². The highest BCUT2D eigenvalue weighted by molar-refractivity contribution is 7.86. The van der Waals surface area contributed by atoms with Crippen molar-refractivity contribution in [2.24, 2.45) is 17.8 Å². The monoisotopic (exact) mass is 473 g/mol. The first-order valence-electron chi connectivity index (χ1n) is 13.3. The van der Waals surface area contributed by atoms with Gasteiger partial charge in [-0.05, 0) is 69.6 Å². The van der Waals surface area contributed by atoms with E-state index in [-0.39, 0.29) is 11.9 Å². The zero-order valence-electron chi connectivity index (χ0n) is 21.7. The van der Waals surface area contributed by atoms with Crippen molar-refractivity contribution in [1.29, 1.82) is 0 Å². The summed E-state index contributed by atoms with van der Waals surface area (Å²) in [5.41, 5.74) is 0. The molecule has 190 valence electrons. The topological polar surface area (TPSA) is 63.7 Å². The Morgan fingerprint density at radius 2 is 1.75 bits per heavy atom. The summed E-state index contributed by atoms with van der Waals surface area (Å²) in [7, 11) is -3.51. The van der Waals surface area contributed by atoms with E-state index in [9.17, 15) is 13.2 Å². The highest BCUT2D eigenvalue weighted by Crippen LogP contribution is 2.34. The molecule has 1 aliphatic rings. The molecule has 0 saturated carbocycles. The smallest absolute Gasteiger partial charge is 0.267 e. The summed E-state index contributed by atoms with van der Waals surface area (Å²) in [4.78, 5) is 13.6. The molecule has 0 aromatic carbocycles. The number of hydrogen-bond acceptors (Lipinski definition) is 5. The molecule has 0 aliphatic carbocycles. The zero-order valence-corrected chi connectivity index (χ0v) is 22.5. The van der Waals surface area contributed by atoms with Gasteiger partial charge in [-0.1, -0.05) is 60.3 Å². The molecule has 0 spiro atoms. The second kappa shape index (κ2) is 15.4. The minimum Gasteiger partial charge on any atom is -0.302 e. The number of carbonyl (C=O) groups excluding carboxylic acids is 1.